The molecule has 2 aliphatic rings. The van der Waals surface area contributed by atoms with Crippen molar-refractivity contribution in [2.24, 2.45) is 7.05 Å². The Kier molecular flexibility index (Phi) is 6.68. The predicted octanol–water partition coefficient (Wildman–Crippen LogP) is 8.37. The van der Waals surface area contributed by atoms with Crippen LogP contribution in [0.5, 0.6) is 0 Å². The minimum Gasteiger partial charge on any atom is -0.510 e. The Balaban J connectivity index is 0.00000324. The molecular formula is C40H33N6Pt+. The largest absolute Gasteiger partial charge is 4.00 e. The number of anilines is 4. The molecule has 232 valence electrons. The van der Waals surface area contributed by atoms with Gasteiger partial charge >= 0.3 is 21.1 Å². The Morgan fingerprint density at radius 2 is 1.53 bits per heavy atom. The Morgan fingerprint density at radius 3 is 2.34 bits per heavy atom. The van der Waals surface area contributed by atoms with Crippen LogP contribution in [0.15, 0.2) is 103 Å². The van der Waals surface area contributed by atoms with Crippen LogP contribution in [0.2, 0.25) is 0 Å². The standard InChI is InChI=1S/C40H33N6.Pt/c1-40(2,3)27-16-18-33-32(22-27)31-12-9-15-37-39(31)46(33)36-19-17-28(43-21-20-41(4)25-43)24-38(36)45(37)30-11-8-10-29(23-30)44-26-42(5)34-13-6-7-14-35(34)44;/h6-22,25H,1-5H3;/q-3;+4. The first-order valence-corrected chi connectivity index (χ1v) is 15.7. The quantitative estimate of drug-likeness (QED) is 0.133. The molecule has 0 unspecified atom stereocenters. The van der Waals surface area contributed by atoms with Crippen molar-refractivity contribution in [1.82, 2.24) is 14.0 Å². The average molecular weight is 793 g/mol. The van der Waals surface area contributed by atoms with E-state index >= 15 is 0 Å². The zero-order chi connectivity index (χ0) is 31.3. The summed E-state index contributed by atoms with van der Waals surface area (Å²) in [7, 11) is 4.07. The van der Waals surface area contributed by atoms with Crippen molar-refractivity contribution in [3.05, 3.63) is 134 Å². The van der Waals surface area contributed by atoms with E-state index in [0.717, 1.165) is 45.2 Å². The number of nitrogens with zero attached hydrogens (tertiary/aromatic N) is 6. The van der Waals surface area contributed by atoms with Gasteiger partial charge in [0.05, 0.1) is 29.3 Å². The molecule has 2 aromatic heterocycles. The molecule has 0 spiro atoms. The van der Waals surface area contributed by atoms with Crippen LogP contribution in [0.3, 0.4) is 0 Å². The Labute approximate surface area is 289 Å². The summed E-state index contributed by atoms with van der Waals surface area (Å²) in [5.41, 5.74) is 12.0. The van der Waals surface area contributed by atoms with Gasteiger partial charge in [0.2, 0.25) is 6.33 Å². The van der Waals surface area contributed by atoms with Crippen LogP contribution >= 0.6 is 0 Å². The van der Waals surface area contributed by atoms with Crippen LogP contribution in [0.4, 0.5) is 22.7 Å². The molecule has 9 rings (SSSR count). The summed E-state index contributed by atoms with van der Waals surface area (Å²) in [4.78, 5) is 6.48. The molecule has 47 heavy (non-hydrogen) atoms. The van der Waals surface area contributed by atoms with Gasteiger partial charge in [-0.15, -0.1) is 30.0 Å². The molecule has 0 saturated heterocycles. The molecular weight excluding hydrogens is 760 g/mol. The number of benzene rings is 5. The van der Waals surface area contributed by atoms with Crippen LogP contribution in [-0.4, -0.2) is 21.1 Å². The smallest absolute Gasteiger partial charge is 0.510 e. The first kappa shape index (κ1) is 29.6. The molecule has 6 nitrogen and oxygen atoms in total. The summed E-state index contributed by atoms with van der Waals surface area (Å²) in [6, 6.07) is 40.3. The van der Waals surface area contributed by atoms with E-state index in [4.69, 9.17) is 0 Å². The van der Waals surface area contributed by atoms with Crippen LogP contribution in [0.25, 0.3) is 44.2 Å². The van der Waals surface area contributed by atoms with Crippen molar-refractivity contribution < 1.29 is 25.6 Å². The number of aryl methyl sites for hydroxylation is 1. The Bertz CT molecular complexity index is 2390. The zero-order valence-corrected chi connectivity index (χ0v) is 29.2. The maximum absolute atomic E-state index is 3.83. The maximum Gasteiger partial charge on any atom is 4.00 e. The van der Waals surface area contributed by atoms with E-state index in [2.05, 4.69) is 162 Å². The van der Waals surface area contributed by atoms with Gasteiger partial charge in [-0.25, -0.2) is 0 Å². The van der Waals surface area contributed by atoms with Gasteiger partial charge in [-0.1, -0.05) is 74.6 Å². The van der Waals surface area contributed by atoms with Gasteiger partial charge < -0.3 is 28.4 Å². The number of aromatic nitrogens is 3. The van der Waals surface area contributed by atoms with Gasteiger partial charge in [0.25, 0.3) is 0 Å². The molecule has 0 amide bonds. The molecule has 4 heterocycles. The number of rotatable bonds is 3. The molecule has 5 aromatic carbocycles. The van der Waals surface area contributed by atoms with E-state index in [1.165, 1.54) is 27.4 Å². The van der Waals surface area contributed by atoms with Crippen molar-refractivity contribution in [3.8, 4) is 11.4 Å². The van der Waals surface area contributed by atoms with E-state index in [9.17, 15) is 0 Å². The molecule has 0 saturated carbocycles. The molecule has 7 aromatic rings. The maximum atomic E-state index is 3.83. The van der Waals surface area contributed by atoms with E-state index in [1.807, 2.05) is 29.8 Å². The number of fused-ring (bicyclic) bond motifs is 6. The fourth-order valence-corrected chi connectivity index (χ4v) is 6.96. The van der Waals surface area contributed by atoms with E-state index in [0.29, 0.717) is 0 Å². The van der Waals surface area contributed by atoms with Gasteiger partial charge in [0.1, 0.15) is 0 Å². The predicted molar refractivity (Wildman–Crippen MR) is 186 cm³/mol. The topological polar surface area (TPSA) is 23.5 Å². The third kappa shape index (κ3) is 4.46. The van der Waals surface area contributed by atoms with Gasteiger partial charge in [0, 0.05) is 16.3 Å². The number of para-hydroxylation sites is 3. The van der Waals surface area contributed by atoms with Crippen molar-refractivity contribution in [2.45, 2.75) is 26.2 Å². The van der Waals surface area contributed by atoms with Gasteiger partial charge in [-0.2, -0.15) is 24.9 Å². The van der Waals surface area contributed by atoms with Crippen LogP contribution in [0.1, 0.15) is 26.3 Å². The van der Waals surface area contributed by atoms with Crippen molar-refractivity contribution in [2.75, 3.05) is 16.8 Å². The minimum atomic E-state index is 0. The number of imidazole rings is 1. The second kappa shape index (κ2) is 10.6. The second-order valence-electron chi connectivity index (χ2n) is 13.3. The molecule has 0 N–H and O–H groups in total. The normalized spacial score (nSPS) is 14.0. The molecule has 0 radical (unpaired) electrons. The fraction of sp³-hybridized carbons (Fsp3) is 0.150. The van der Waals surface area contributed by atoms with Crippen molar-refractivity contribution >= 4 is 55.6 Å². The minimum absolute atomic E-state index is 0. The summed E-state index contributed by atoms with van der Waals surface area (Å²) >= 11 is 0. The van der Waals surface area contributed by atoms with Crippen LogP contribution in [-0.2, 0) is 33.5 Å². The van der Waals surface area contributed by atoms with E-state index in [1.54, 1.807) is 0 Å². The zero-order valence-electron chi connectivity index (χ0n) is 26.9. The third-order valence-electron chi connectivity index (χ3n) is 9.25. The van der Waals surface area contributed by atoms with E-state index < -0.39 is 0 Å². The molecule has 0 bridgehead atoms. The van der Waals surface area contributed by atoms with Crippen LogP contribution < -0.4 is 14.4 Å². The average Bonchev–Trinajstić information content (AvgIpc) is 3.75. The monoisotopic (exact) mass is 792 g/mol. The number of hydrogen-bond acceptors (Lipinski definition) is 3. The van der Waals surface area contributed by atoms with Crippen molar-refractivity contribution in [1.29, 1.82) is 0 Å². The van der Waals surface area contributed by atoms with Gasteiger partial charge in [0.15, 0.2) is 0 Å². The Morgan fingerprint density at radius 1 is 0.723 bits per heavy atom. The van der Waals surface area contributed by atoms with Crippen LogP contribution in [0, 0.1) is 25.1 Å². The molecule has 2 aliphatic heterocycles. The van der Waals surface area contributed by atoms with Crippen molar-refractivity contribution in [3.63, 3.8) is 0 Å². The summed E-state index contributed by atoms with van der Waals surface area (Å²) in [5.74, 6) is 0. The first-order valence-electron chi connectivity index (χ1n) is 15.7. The second-order valence-corrected chi connectivity index (χ2v) is 13.3. The Hall–Kier alpha value is -4.80. The number of hydrogen-bond donors (Lipinski definition) is 0. The van der Waals surface area contributed by atoms with E-state index in [-0.39, 0.29) is 26.5 Å². The SMILES string of the molecule is CN1C=CN(c2[c-]c3c(cc2)-n2c4ccc(C(C)(C)C)cc4c4cccc(c42)N3c2[c-]c(-n3[c-][n+](C)c4ccccc43)ccc2)[CH-]1.[Pt+4]. The summed E-state index contributed by atoms with van der Waals surface area (Å²) in [5, 5.41) is 2.50. The third-order valence-corrected chi connectivity index (χ3v) is 9.25. The molecule has 0 atom stereocenters. The summed E-state index contributed by atoms with van der Waals surface area (Å²) in [6.45, 7) is 8.90. The molecule has 7 heteroatoms. The van der Waals surface area contributed by atoms with Gasteiger partial charge in [-0.05, 0) is 60.0 Å². The fourth-order valence-electron chi connectivity index (χ4n) is 6.96. The van der Waals surface area contributed by atoms with Gasteiger partial charge in [-0.3, -0.25) is 0 Å². The molecule has 0 fully saturated rings. The first-order chi connectivity index (χ1) is 22.3. The summed E-state index contributed by atoms with van der Waals surface area (Å²) < 4.78 is 6.55. The summed E-state index contributed by atoms with van der Waals surface area (Å²) in [6.07, 6.45) is 7.60. The molecule has 0 aliphatic carbocycles.